The van der Waals surface area contributed by atoms with Crippen LogP contribution in [0.25, 0.3) is 11.1 Å². The Morgan fingerprint density at radius 2 is 2.28 bits per heavy atom. The fraction of sp³-hybridized carbons (Fsp3) is 0.154. The zero-order chi connectivity index (χ0) is 12.7. The molecule has 2 heterocycles. The van der Waals surface area contributed by atoms with Crippen LogP contribution in [0, 0.1) is 11.3 Å². The topological polar surface area (TPSA) is 67.9 Å². The van der Waals surface area contributed by atoms with Crippen molar-refractivity contribution in [2.45, 2.75) is 6.61 Å². The Bertz CT molecular complexity index is 741. The molecular weight excluding hydrogens is 230 g/mol. The number of benzene rings is 1. The average Bonchev–Trinajstić information content (AvgIpc) is 2.41. The number of rotatable bonds is 0. The SMILES string of the molecule is Cn1c2c(cnc1=O)-c1cc(C#N)ccc1OC2. The van der Waals surface area contributed by atoms with E-state index in [2.05, 4.69) is 11.1 Å². The van der Waals surface area contributed by atoms with Crippen molar-refractivity contribution in [3.63, 3.8) is 0 Å². The first-order chi connectivity index (χ1) is 8.70. The second-order valence-electron chi connectivity index (χ2n) is 4.07. The van der Waals surface area contributed by atoms with E-state index >= 15 is 0 Å². The Labute approximate surface area is 103 Å². The van der Waals surface area contributed by atoms with Crippen molar-refractivity contribution in [2.75, 3.05) is 0 Å². The van der Waals surface area contributed by atoms with Gasteiger partial charge in [0.1, 0.15) is 12.4 Å². The third-order valence-corrected chi connectivity index (χ3v) is 3.07. The summed E-state index contributed by atoms with van der Waals surface area (Å²) in [6, 6.07) is 7.31. The van der Waals surface area contributed by atoms with Gasteiger partial charge in [-0.2, -0.15) is 5.26 Å². The molecule has 3 rings (SSSR count). The molecule has 5 nitrogen and oxygen atoms in total. The predicted octanol–water partition coefficient (Wildman–Crippen LogP) is 1.21. The van der Waals surface area contributed by atoms with Crippen molar-refractivity contribution in [1.82, 2.24) is 9.55 Å². The zero-order valence-electron chi connectivity index (χ0n) is 9.67. The van der Waals surface area contributed by atoms with E-state index in [1.807, 2.05) is 0 Å². The number of nitriles is 1. The van der Waals surface area contributed by atoms with Crippen molar-refractivity contribution < 1.29 is 4.74 Å². The smallest absolute Gasteiger partial charge is 0.347 e. The summed E-state index contributed by atoms with van der Waals surface area (Å²) in [6.45, 7) is 0.336. The lowest BCUT2D eigenvalue weighted by molar-refractivity contribution is 0.290. The summed E-state index contributed by atoms with van der Waals surface area (Å²) in [5.74, 6) is 0.710. The third kappa shape index (κ3) is 1.39. The molecule has 0 spiro atoms. The Morgan fingerprint density at radius 3 is 3.06 bits per heavy atom. The molecule has 1 aromatic heterocycles. The molecule has 88 valence electrons. The van der Waals surface area contributed by atoms with E-state index in [0.717, 1.165) is 16.8 Å². The first kappa shape index (κ1) is 10.5. The Balaban J connectivity index is 2.32. The van der Waals surface area contributed by atoms with Crippen LogP contribution in [0.4, 0.5) is 0 Å². The first-order valence-electron chi connectivity index (χ1n) is 5.43. The minimum Gasteiger partial charge on any atom is -0.487 e. The summed E-state index contributed by atoms with van der Waals surface area (Å²) < 4.78 is 7.06. The lowest BCUT2D eigenvalue weighted by atomic mass is 10.00. The number of ether oxygens (including phenoxy) is 1. The van der Waals surface area contributed by atoms with E-state index in [0.29, 0.717) is 17.9 Å². The van der Waals surface area contributed by atoms with Crippen molar-refractivity contribution in [1.29, 1.82) is 5.26 Å². The van der Waals surface area contributed by atoms with E-state index in [1.54, 1.807) is 31.4 Å². The highest BCUT2D eigenvalue weighted by Gasteiger charge is 2.20. The van der Waals surface area contributed by atoms with Crippen molar-refractivity contribution in [2.24, 2.45) is 7.05 Å². The van der Waals surface area contributed by atoms with Crippen molar-refractivity contribution in [3.8, 4) is 22.9 Å². The molecule has 1 aliphatic heterocycles. The Kier molecular flexibility index (Phi) is 2.17. The molecule has 0 fully saturated rings. The van der Waals surface area contributed by atoms with Gasteiger partial charge in [0.25, 0.3) is 0 Å². The van der Waals surface area contributed by atoms with Gasteiger partial charge in [-0.3, -0.25) is 4.57 Å². The molecule has 5 heteroatoms. The number of hydrogen-bond donors (Lipinski definition) is 0. The van der Waals surface area contributed by atoms with Crippen LogP contribution in [0.15, 0.2) is 29.2 Å². The fourth-order valence-electron chi connectivity index (χ4n) is 2.06. The third-order valence-electron chi connectivity index (χ3n) is 3.07. The highest BCUT2D eigenvalue weighted by Crippen LogP contribution is 2.36. The fourth-order valence-corrected chi connectivity index (χ4v) is 2.06. The van der Waals surface area contributed by atoms with Gasteiger partial charge in [0.15, 0.2) is 0 Å². The summed E-state index contributed by atoms with van der Waals surface area (Å²) in [5.41, 5.74) is 2.67. The van der Waals surface area contributed by atoms with Gasteiger partial charge in [-0.15, -0.1) is 0 Å². The molecule has 0 radical (unpaired) electrons. The molecular formula is C13H9N3O2. The van der Waals surface area contributed by atoms with Gasteiger partial charge in [-0.25, -0.2) is 9.78 Å². The summed E-state index contributed by atoms with van der Waals surface area (Å²) in [7, 11) is 1.66. The van der Waals surface area contributed by atoms with Gasteiger partial charge in [0, 0.05) is 24.4 Å². The molecule has 0 saturated carbocycles. The number of aromatic nitrogens is 2. The maximum absolute atomic E-state index is 11.5. The second kappa shape index (κ2) is 3.70. The molecule has 0 atom stereocenters. The minimum atomic E-state index is -0.308. The average molecular weight is 239 g/mol. The van der Waals surface area contributed by atoms with Crippen LogP contribution in [-0.2, 0) is 13.7 Å². The van der Waals surface area contributed by atoms with Crippen LogP contribution in [0.1, 0.15) is 11.3 Å². The van der Waals surface area contributed by atoms with E-state index in [1.165, 1.54) is 4.57 Å². The van der Waals surface area contributed by atoms with E-state index in [-0.39, 0.29) is 5.69 Å². The van der Waals surface area contributed by atoms with Crippen molar-refractivity contribution in [3.05, 3.63) is 46.1 Å². The lowest BCUT2D eigenvalue weighted by Gasteiger charge is -2.22. The van der Waals surface area contributed by atoms with Gasteiger partial charge >= 0.3 is 5.69 Å². The molecule has 18 heavy (non-hydrogen) atoms. The molecule has 0 saturated heterocycles. The largest absolute Gasteiger partial charge is 0.487 e. The number of nitrogens with zero attached hydrogens (tertiary/aromatic N) is 3. The summed E-state index contributed by atoms with van der Waals surface area (Å²) >= 11 is 0. The second-order valence-corrected chi connectivity index (χ2v) is 4.07. The highest BCUT2D eigenvalue weighted by molar-refractivity contribution is 5.74. The van der Waals surface area contributed by atoms with E-state index < -0.39 is 0 Å². The molecule has 0 unspecified atom stereocenters. The zero-order valence-corrected chi connectivity index (χ0v) is 9.67. The van der Waals surface area contributed by atoms with Gasteiger partial charge in [-0.1, -0.05) is 0 Å². The molecule has 1 aliphatic rings. The minimum absolute atomic E-state index is 0.308. The van der Waals surface area contributed by atoms with Crippen LogP contribution in [0.2, 0.25) is 0 Å². The van der Waals surface area contributed by atoms with E-state index in [4.69, 9.17) is 10.00 Å². The quantitative estimate of drug-likeness (QED) is 0.693. The van der Waals surface area contributed by atoms with Crippen LogP contribution >= 0.6 is 0 Å². The van der Waals surface area contributed by atoms with Crippen LogP contribution in [0.5, 0.6) is 5.75 Å². The molecule has 2 aromatic rings. The van der Waals surface area contributed by atoms with Gasteiger partial charge in [0.2, 0.25) is 0 Å². The maximum Gasteiger partial charge on any atom is 0.347 e. The standard InChI is InChI=1S/C13H9N3O2/c1-16-11-7-18-12-3-2-8(5-14)4-9(12)10(11)6-15-13(16)17/h2-4,6H,7H2,1H3. The Morgan fingerprint density at radius 1 is 1.44 bits per heavy atom. The van der Waals surface area contributed by atoms with Gasteiger partial charge in [0.05, 0.1) is 17.3 Å². The summed E-state index contributed by atoms with van der Waals surface area (Å²) in [4.78, 5) is 15.3. The van der Waals surface area contributed by atoms with Gasteiger partial charge < -0.3 is 4.74 Å². The number of hydrogen-bond acceptors (Lipinski definition) is 4. The summed E-state index contributed by atoms with van der Waals surface area (Å²) in [5, 5.41) is 8.92. The lowest BCUT2D eigenvalue weighted by Crippen LogP contribution is -2.26. The summed E-state index contributed by atoms with van der Waals surface area (Å²) in [6.07, 6.45) is 1.54. The van der Waals surface area contributed by atoms with Gasteiger partial charge in [-0.05, 0) is 18.2 Å². The number of fused-ring (bicyclic) bond motifs is 3. The van der Waals surface area contributed by atoms with Crippen LogP contribution < -0.4 is 10.4 Å². The highest BCUT2D eigenvalue weighted by atomic mass is 16.5. The van der Waals surface area contributed by atoms with Crippen molar-refractivity contribution >= 4 is 0 Å². The molecule has 1 aromatic carbocycles. The first-order valence-corrected chi connectivity index (χ1v) is 5.43. The van der Waals surface area contributed by atoms with E-state index in [9.17, 15) is 4.79 Å². The molecule has 0 amide bonds. The maximum atomic E-state index is 11.5. The normalized spacial score (nSPS) is 12.0. The molecule has 0 bridgehead atoms. The predicted molar refractivity (Wildman–Crippen MR) is 64.0 cm³/mol. The van der Waals surface area contributed by atoms with Crippen LogP contribution in [0.3, 0.4) is 0 Å². The monoisotopic (exact) mass is 239 g/mol. The molecule has 0 N–H and O–H groups in total. The van der Waals surface area contributed by atoms with Crippen LogP contribution in [-0.4, -0.2) is 9.55 Å². The Hall–Kier alpha value is -2.61. The molecule has 0 aliphatic carbocycles.